The molecule has 1 aromatic heterocycles. The van der Waals surface area contributed by atoms with Crippen molar-refractivity contribution in [3.05, 3.63) is 61.4 Å². The summed E-state index contributed by atoms with van der Waals surface area (Å²) in [5, 5.41) is 1.49. The van der Waals surface area contributed by atoms with Crippen LogP contribution in [0.5, 0.6) is 17.2 Å². The third-order valence-corrected chi connectivity index (χ3v) is 5.80. The van der Waals surface area contributed by atoms with Gasteiger partial charge in [-0.05, 0) is 38.0 Å². The summed E-state index contributed by atoms with van der Waals surface area (Å²) in [5.74, 6) is 1.15. The van der Waals surface area contributed by atoms with Crippen LogP contribution in [0.15, 0.2) is 33.5 Å². The number of esters is 1. The first kappa shape index (κ1) is 22.3. The van der Waals surface area contributed by atoms with Gasteiger partial charge in [0.1, 0.15) is 17.9 Å². The molecule has 0 fully saturated rings. The number of rotatable bonds is 7. The third-order valence-electron chi connectivity index (χ3n) is 5.15. The zero-order valence-electron chi connectivity index (χ0n) is 17.5. The maximum atomic E-state index is 12.5. The van der Waals surface area contributed by atoms with Crippen molar-refractivity contribution in [2.75, 3.05) is 13.4 Å². The molecule has 0 aliphatic carbocycles. The summed E-state index contributed by atoms with van der Waals surface area (Å²) in [5.41, 5.74) is 1.64. The van der Waals surface area contributed by atoms with Gasteiger partial charge in [0.15, 0.2) is 11.5 Å². The van der Waals surface area contributed by atoms with Gasteiger partial charge in [0, 0.05) is 35.1 Å². The average molecular weight is 479 g/mol. The van der Waals surface area contributed by atoms with E-state index in [0.717, 1.165) is 0 Å². The highest BCUT2D eigenvalue weighted by Crippen LogP contribution is 2.38. The number of aryl methyl sites for hydroxylation is 1. The van der Waals surface area contributed by atoms with E-state index in [4.69, 9.17) is 46.6 Å². The number of hydrogen-bond donors (Lipinski definition) is 0. The van der Waals surface area contributed by atoms with E-state index in [9.17, 15) is 9.59 Å². The van der Waals surface area contributed by atoms with E-state index in [2.05, 4.69) is 0 Å². The van der Waals surface area contributed by atoms with Gasteiger partial charge in [-0.2, -0.15) is 0 Å². The second kappa shape index (κ2) is 9.30. The number of benzene rings is 2. The van der Waals surface area contributed by atoms with Crippen LogP contribution in [0.1, 0.15) is 30.0 Å². The van der Waals surface area contributed by atoms with Crippen molar-refractivity contribution in [1.82, 2.24) is 0 Å². The molecule has 0 amide bonds. The van der Waals surface area contributed by atoms with Crippen molar-refractivity contribution in [3.63, 3.8) is 0 Å². The fraction of sp³-hybridized carbons (Fsp3) is 0.304. The Bertz CT molecular complexity index is 1250. The molecule has 1 aliphatic rings. The predicted molar refractivity (Wildman–Crippen MR) is 119 cm³/mol. The smallest absolute Gasteiger partial charge is 0.339 e. The van der Waals surface area contributed by atoms with Crippen LogP contribution in [-0.2, 0) is 22.6 Å². The molecule has 4 rings (SSSR count). The first-order valence-electron chi connectivity index (χ1n) is 9.99. The lowest BCUT2D eigenvalue weighted by Crippen LogP contribution is -2.13. The zero-order valence-corrected chi connectivity index (χ0v) is 19.0. The third kappa shape index (κ3) is 4.49. The molecule has 0 bridgehead atoms. The molecule has 0 saturated carbocycles. The Morgan fingerprint density at radius 3 is 2.59 bits per heavy atom. The van der Waals surface area contributed by atoms with Crippen LogP contribution in [0.2, 0.25) is 10.0 Å². The standard InChI is InChI=1S/C23H20Cl2O7/c1-3-28-22(26)5-4-14-12(2)15-7-17(25)19(9-18(15)32-23(14)27)29-10-13-6-20-21(8-16(13)24)31-11-30-20/h6-9H,3-5,10-11H2,1-2H3. The molecule has 0 N–H and O–H groups in total. The van der Waals surface area contributed by atoms with E-state index in [1.807, 2.05) is 0 Å². The quantitative estimate of drug-likeness (QED) is 0.340. The van der Waals surface area contributed by atoms with Gasteiger partial charge >= 0.3 is 11.6 Å². The molecule has 168 valence electrons. The van der Waals surface area contributed by atoms with Crippen LogP contribution in [0, 0.1) is 6.92 Å². The van der Waals surface area contributed by atoms with E-state index in [1.165, 1.54) is 0 Å². The average Bonchev–Trinajstić information content (AvgIpc) is 3.20. The second-order valence-electron chi connectivity index (χ2n) is 7.16. The highest BCUT2D eigenvalue weighted by Gasteiger charge is 2.19. The molecule has 0 radical (unpaired) electrons. The molecule has 0 unspecified atom stereocenters. The zero-order chi connectivity index (χ0) is 22.8. The predicted octanol–water partition coefficient (Wildman–Crippen LogP) is 5.21. The van der Waals surface area contributed by atoms with Crippen LogP contribution in [0.4, 0.5) is 0 Å². The van der Waals surface area contributed by atoms with E-state index in [0.29, 0.717) is 61.6 Å². The minimum absolute atomic E-state index is 0.0934. The van der Waals surface area contributed by atoms with Gasteiger partial charge in [-0.3, -0.25) is 4.79 Å². The molecule has 9 heteroatoms. The number of ether oxygens (including phenoxy) is 4. The van der Waals surface area contributed by atoms with Crippen LogP contribution in [-0.4, -0.2) is 19.4 Å². The molecule has 32 heavy (non-hydrogen) atoms. The van der Waals surface area contributed by atoms with E-state index in [1.54, 1.807) is 38.1 Å². The Morgan fingerprint density at radius 1 is 1.09 bits per heavy atom. The van der Waals surface area contributed by atoms with Gasteiger partial charge in [0.2, 0.25) is 6.79 Å². The molecule has 2 aromatic carbocycles. The van der Waals surface area contributed by atoms with Crippen LogP contribution < -0.4 is 19.8 Å². The van der Waals surface area contributed by atoms with E-state index >= 15 is 0 Å². The lowest BCUT2D eigenvalue weighted by atomic mass is 10.0. The lowest BCUT2D eigenvalue weighted by molar-refractivity contribution is -0.143. The Hall–Kier alpha value is -2.90. The Morgan fingerprint density at radius 2 is 1.84 bits per heavy atom. The largest absolute Gasteiger partial charge is 0.487 e. The summed E-state index contributed by atoms with van der Waals surface area (Å²) in [6, 6.07) is 6.67. The van der Waals surface area contributed by atoms with Crippen molar-refractivity contribution in [1.29, 1.82) is 0 Å². The fourth-order valence-electron chi connectivity index (χ4n) is 3.48. The van der Waals surface area contributed by atoms with E-state index < -0.39 is 5.63 Å². The summed E-state index contributed by atoms with van der Waals surface area (Å²) >= 11 is 12.7. The highest BCUT2D eigenvalue weighted by molar-refractivity contribution is 6.33. The van der Waals surface area contributed by atoms with Crippen LogP contribution in [0.25, 0.3) is 11.0 Å². The molecular formula is C23H20Cl2O7. The van der Waals surface area contributed by atoms with Crippen LogP contribution in [0.3, 0.4) is 0 Å². The summed E-state index contributed by atoms with van der Waals surface area (Å²) in [7, 11) is 0. The summed E-state index contributed by atoms with van der Waals surface area (Å²) in [6.07, 6.45) is 0.317. The van der Waals surface area contributed by atoms with Crippen molar-refractivity contribution in [3.8, 4) is 17.2 Å². The molecule has 0 spiro atoms. The maximum Gasteiger partial charge on any atom is 0.339 e. The van der Waals surface area contributed by atoms with Crippen molar-refractivity contribution in [2.45, 2.75) is 33.3 Å². The van der Waals surface area contributed by atoms with Gasteiger partial charge in [0.05, 0.1) is 16.7 Å². The second-order valence-corrected chi connectivity index (χ2v) is 7.98. The molecule has 3 aromatic rings. The molecule has 2 heterocycles. The normalized spacial score (nSPS) is 12.2. The first-order valence-corrected chi connectivity index (χ1v) is 10.7. The van der Waals surface area contributed by atoms with Crippen molar-refractivity contribution < 1.29 is 28.2 Å². The molecule has 0 atom stereocenters. The number of carbonyl (C=O) groups excluding carboxylic acids is 1. The Balaban J connectivity index is 1.58. The highest BCUT2D eigenvalue weighted by atomic mass is 35.5. The van der Waals surface area contributed by atoms with Gasteiger partial charge in [-0.15, -0.1) is 0 Å². The fourth-order valence-corrected chi connectivity index (χ4v) is 3.90. The van der Waals surface area contributed by atoms with Gasteiger partial charge < -0.3 is 23.4 Å². The lowest BCUT2D eigenvalue weighted by Gasteiger charge is -2.13. The minimum atomic E-state index is -0.508. The SMILES string of the molecule is CCOC(=O)CCc1c(C)c2cc(Cl)c(OCc3cc4c(cc3Cl)OCO4)cc2oc1=O. The summed E-state index contributed by atoms with van der Waals surface area (Å²) in [6.45, 7) is 4.09. The Labute approximate surface area is 193 Å². The first-order chi connectivity index (χ1) is 15.4. The molecule has 1 aliphatic heterocycles. The molecule has 7 nitrogen and oxygen atoms in total. The monoisotopic (exact) mass is 478 g/mol. The number of fused-ring (bicyclic) bond motifs is 2. The van der Waals surface area contributed by atoms with Gasteiger partial charge in [-0.1, -0.05) is 23.2 Å². The van der Waals surface area contributed by atoms with Gasteiger partial charge in [-0.25, -0.2) is 4.79 Å². The topological polar surface area (TPSA) is 84.2 Å². The number of carbonyl (C=O) groups is 1. The maximum absolute atomic E-state index is 12.5. The van der Waals surface area contributed by atoms with Crippen LogP contribution >= 0.6 is 23.2 Å². The van der Waals surface area contributed by atoms with Gasteiger partial charge in [0.25, 0.3) is 0 Å². The number of halogens is 2. The van der Waals surface area contributed by atoms with E-state index in [-0.39, 0.29) is 32.2 Å². The Kier molecular flexibility index (Phi) is 6.48. The summed E-state index contributed by atoms with van der Waals surface area (Å²) < 4.78 is 26.9. The van der Waals surface area contributed by atoms with Crippen molar-refractivity contribution in [2.24, 2.45) is 0 Å². The number of hydrogen-bond acceptors (Lipinski definition) is 7. The van der Waals surface area contributed by atoms with Crippen molar-refractivity contribution >= 4 is 40.1 Å². The minimum Gasteiger partial charge on any atom is -0.487 e. The molecular weight excluding hydrogens is 459 g/mol. The molecule has 0 saturated heterocycles. The summed E-state index contributed by atoms with van der Waals surface area (Å²) in [4.78, 5) is 24.2.